The number of anilines is 1. The third-order valence-corrected chi connectivity index (χ3v) is 2.83. The van der Waals surface area contributed by atoms with Crippen LogP contribution in [0.25, 0.3) is 0 Å². The molecule has 0 fully saturated rings. The van der Waals surface area contributed by atoms with Crippen molar-refractivity contribution in [1.29, 1.82) is 0 Å². The molecule has 0 aliphatic rings. The first-order chi connectivity index (χ1) is 8.04. The minimum atomic E-state index is -0.0675. The highest BCUT2D eigenvalue weighted by Crippen LogP contribution is 2.12. The SMILES string of the molecule is Cc1ccccc1NC(=O)CN(C)C(C)CO. The van der Waals surface area contributed by atoms with Gasteiger partial charge in [-0.1, -0.05) is 18.2 Å². The van der Waals surface area contributed by atoms with Crippen LogP contribution in [0, 0.1) is 6.92 Å². The number of carbonyl (C=O) groups excluding carboxylic acids is 1. The molecule has 0 spiro atoms. The maximum absolute atomic E-state index is 11.8. The van der Waals surface area contributed by atoms with E-state index in [2.05, 4.69) is 5.32 Å². The molecule has 1 amide bonds. The summed E-state index contributed by atoms with van der Waals surface area (Å²) in [6.07, 6.45) is 0. The first-order valence-corrected chi connectivity index (χ1v) is 5.71. The largest absolute Gasteiger partial charge is 0.395 e. The maximum Gasteiger partial charge on any atom is 0.238 e. The Morgan fingerprint density at radius 1 is 1.47 bits per heavy atom. The second-order valence-electron chi connectivity index (χ2n) is 4.31. The van der Waals surface area contributed by atoms with Gasteiger partial charge in [0.1, 0.15) is 0 Å². The van der Waals surface area contributed by atoms with E-state index in [1.807, 2.05) is 50.1 Å². The molecule has 0 aromatic heterocycles. The zero-order valence-electron chi connectivity index (χ0n) is 10.6. The topological polar surface area (TPSA) is 52.6 Å². The Hall–Kier alpha value is -1.39. The van der Waals surface area contributed by atoms with Crippen molar-refractivity contribution in [3.63, 3.8) is 0 Å². The number of aryl methyl sites for hydroxylation is 1. The Labute approximate surface area is 102 Å². The molecule has 0 aliphatic heterocycles. The molecular weight excluding hydrogens is 216 g/mol. The van der Waals surface area contributed by atoms with E-state index in [-0.39, 0.29) is 25.1 Å². The average Bonchev–Trinajstić information content (AvgIpc) is 2.31. The molecular formula is C13H20N2O2. The van der Waals surface area contributed by atoms with Crippen molar-refractivity contribution in [3.8, 4) is 0 Å². The first-order valence-electron chi connectivity index (χ1n) is 5.71. The van der Waals surface area contributed by atoms with Gasteiger partial charge < -0.3 is 10.4 Å². The van der Waals surface area contributed by atoms with Crippen LogP contribution in [-0.2, 0) is 4.79 Å². The number of nitrogens with zero attached hydrogens (tertiary/aromatic N) is 1. The third-order valence-electron chi connectivity index (χ3n) is 2.83. The Morgan fingerprint density at radius 3 is 2.71 bits per heavy atom. The van der Waals surface area contributed by atoms with Gasteiger partial charge in [-0.2, -0.15) is 0 Å². The van der Waals surface area contributed by atoms with E-state index in [4.69, 9.17) is 5.11 Å². The number of aliphatic hydroxyl groups is 1. The lowest BCUT2D eigenvalue weighted by Gasteiger charge is -2.22. The van der Waals surface area contributed by atoms with Gasteiger partial charge in [-0.05, 0) is 32.5 Å². The maximum atomic E-state index is 11.8. The van der Waals surface area contributed by atoms with E-state index >= 15 is 0 Å². The number of aliphatic hydroxyl groups excluding tert-OH is 1. The van der Waals surface area contributed by atoms with Gasteiger partial charge in [0.05, 0.1) is 13.2 Å². The Bertz CT molecular complexity index is 379. The molecule has 0 bridgehead atoms. The molecule has 0 radical (unpaired) electrons. The predicted octanol–water partition coefficient (Wildman–Crippen LogP) is 1.25. The smallest absolute Gasteiger partial charge is 0.238 e. The second-order valence-corrected chi connectivity index (χ2v) is 4.31. The number of amides is 1. The summed E-state index contributed by atoms with van der Waals surface area (Å²) >= 11 is 0. The van der Waals surface area contributed by atoms with Crippen LogP contribution in [0.4, 0.5) is 5.69 Å². The number of para-hydroxylation sites is 1. The van der Waals surface area contributed by atoms with Crippen molar-refractivity contribution in [2.24, 2.45) is 0 Å². The quantitative estimate of drug-likeness (QED) is 0.809. The van der Waals surface area contributed by atoms with Gasteiger partial charge in [0.2, 0.25) is 5.91 Å². The lowest BCUT2D eigenvalue weighted by molar-refractivity contribution is -0.117. The highest BCUT2D eigenvalue weighted by Gasteiger charge is 2.12. The van der Waals surface area contributed by atoms with Gasteiger partial charge in [0.25, 0.3) is 0 Å². The van der Waals surface area contributed by atoms with Gasteiger partial charge >= 0.3 is 0 Å². The summed E-state index contributed by atoms with van der Waals surface area (Å²) in [4.78, 5) is 13.6. The molecule has 0 saturated carbocycles. The highest BCUT2D eigenvalue weighted by atomic mass is 16.3. The van der Waals surface area contributed by atoms with Crippen LogP contribution in [0.15, 0.2) is 24.3 Å². The summed E-state index contributed by atoms with van der Waals surface area (Å²) in [6.45, 7) is 4.15. The number of rotatable bonds is 5. The molecule has 1 aromatic carbocycles. The summed E-state index contributed by atoms with van der Waals surface area (Å²) in [6, 6.07) is 7.64. The summed E-state index contributed by atoms with van der Waals surface area (Å²) in [5.41, 5.74) is 1.88. The molecule has 0 aliphatic carbocycles. The number of likely N-dealkylation sites (N-methyl/N-ethyl adjacent to an activating group) is 1. The fourth-order valence-electron chi connectivity index (χ4n) is 1.42. The summed E-state index contributed by atoms with van der Waals surface area (Å²) in [5.74, 6) is -0.0675. The van der Waals surface area contributed by atoms with Gasteiger partial charge in [-0.3, -0.25) is 9.69 Å². The molecule has 4 heteroatoms. The van der Waals surface area contributed by atoms with Crippen molar-refractivity contribution in [2.45, 2.75) is 19.9 Å². The molecule has 94 valence electrons. The van der Waals surface area contributed by atoms with Crippen LogP contribution < -0.4 is 5.32 Å². The van der Waals surface area contributed by atoms with Gasteiger partial charge in [0.15, 0.2) is 0 Å². The molecule has 1 atom stereocenters. The predicted molar refractivity (Wildman–Crippen MR) is 69.0 cm³/mol. The fraction of sp³-hybridized carbons (Fsp3) is 0.462. The molecule has 0 heterocycles. The number of benzene rings is 1. The monoisotopic (exact) mass is 236 g/mol. The molecule has 1 unspecified atom stereocenters. The Morgan fingerprint density at radius 2 is 2.12 bits per heavy atom. The minimum Gasteiger partial charge on any atom is -0.395 e. The highest BCUT2D eigenvalue weighted by molar-refractivity contribution is 5.92. The molecule has 17 heavy (non-hydrogen) atoms. The van der Waals surface area contributed by atoms with Crippen molar-refractivity contribution in [2.75, 3.05) is 25.5 Å². The standard InChI is InChI=1S/C13H20N2O2/c1-10-6-4-5-7-12(10)14-13(17)8-15(3)11(2)9-16/h4-7,11,16H,8-9H2,1-3H3,(H,14,17). The molecule has 1 rings (SSSR count). The number of hydrogen-bond donors (Lipinski definition) is 2. The normalized spacial score (nSPS) is 12.5. The van der Waals surface area contributed by atoms with Crippen LogP contribution in [-0.4, -0.2) is 42.2 Å². The first kappa shape index (κ1) is 13.7. The number of nitrogens with one attached hydrogen (secondary N) is 1. The van der Waals surface area contributed by atoms with E-state index in [1.54, 1.807) is 0 Å². The zero-order chi connectivity index (χ0) is 12.8. The third kappa shape index (κ3) is 4.17. The Balaban J connectivity index is 2.53. The van der Waals surface area contributed by atoms with Crippen molar-refractivity contribution in [3.05, 3.63) is 29.8 Å². The van der Waals surface area contributed by atoms with E-state index in [0.29, 0.717) is 0 Å². The molecule has 0 saturated heterocycles. The van der Waals surface area contributed by atoms with Crippen LogP contribution in [0.3, 0.4) is 0 Å². The molecule has 4 nitrogen and oxygen atoms in total. The van der Waals surface area contributed by atoms with E-state index in [0.717, 1.165) is 11.3 Å². The van der Waals surface area contributed by atoms with Crippen LogP contribution in [0.1, 0.15) is 12.5 Å². The van der Waals surface area contributed by atoms with Crippen LogP contribution in [0.2, 0.25) is 0 Å². The van der Waals surface area contributed by atoms with Crippen molar-refractivity contribution < 1.29 is 9.90 Å². The summed E-state index contributed by atoms with van der Waals surface area (Å²) < 4.78 is 0. The zero-order valence-corrected chi connectivity index (χ0v) is 10.6. The number of hydrogen-bond acceptors (Lipinski definition) is 3. The average molecular weight is 236 g/mol. The van der Waals surface area contributed by atoms with E-state index in [9.17, 15) is 4.79 Å². The van der Waals surface area contributed by atoms with Crippen LogP contribution in [0.5, 0.6) is 0 Å². The summed E-state index contributed by atoms with van der Waals surface area (Å²) in [7, 11) is 1.82. The van der Waals surface area contributed by atoms with Gasteiger partial charge in [-0.25, -0.2) is 0 Å². The molecule has 2 N–H and O–H groups in total. The molecule has 1 aromatic rings. The van der Waals surface area contributed by atoms with E-state index in [1.165, 1.54) is 0 Å². The lowest BCUT2D eigenvalue weighted by Crippen LogP contribution is -2.38. The van der Waals surface area contributed by atoms with Gasteiger partial charge in [-0.15, -0.1) is 0 Å². The van der Waals surface area contributed by atoms with Gasteiger partial charge in [0, 0.05) is 11.7 Å². The second kappa shape index (κ2) is 6.37. The van der Waals surface area contributed by atoms with Crippen LogP contribution >= 0.6 is 0 Å². The lowest BCUT2D eigenvalue weighted by atomic mass is 10.2. The Kier molecular flexibility index (Phi) is 5.12. The fourth-order valence-corrected chi connectivity index (χ4v) is 1.42. The van der Waals surface area contributed by atoms with Crippen molar-refractivity contribution >= 4 is 11.6 Å². The van der Waals surface area contributed by atoms with E-state index < -0.39 is 0 Å². The number of carbonyl (C=O) groups is 1. The summed E-state index contributed by atoms with van der Waals surface area (Å²) in [5, 5.41) is 11.8. The minimum absolute atomic E-state index is 0.0161. The van der Waals surface area contributed by atoms with Crippen molar-refractivity contribution in [1.82, 2.24) is 4.90 Å².